The highest BCUT2D eigenvalue weighted by atomic mass is 35.5. The van der Waals surface area contributed by atoms with E-state index in [2.05, 4.69) is 79.9 Å². The number of aryl methyl sites for hydroxylation is 1. The Morgan fingerprint density at radius 1 is 0.659 bits per heavy atom. The van der Waals surface area contributed by atoms with Gasteiger partial charge >= 0.3 is 11.9 Å². The first-order chi connectivity index (χ1) is 20.0. The second-order valence-electron chi connectivity index (χ2n) is 9.67. The van der Waals surface area contributed by atoms with Gasteiger partial charge in [-0.15, -0.1) is 0 Å². The van der Waals surface area contributed by atoms with Gasteiger partial charge < -0.3 is 9.47 Å². The van der Waals surface area contributed by atoms with Gasteiger partial charge in [0.05, 0.1) is 6.61 Å². The molecule has 0 aliphatic rings. The maximum Gasteiger partial charge on any atom is 0.330 e. The molecule has 5 heteroatoms. The molecule has 0 aromatic heterocycles. The van der Waals surface area contributed by atoms with E-state index in [4.69, 9.17) is 21.1 Å². The highest BCUT2D eigenvalue weighted by Crippen LogP contribution is 2.44. The minimum absolute atomic E-state index is 0.192. The summed E-state index contributed by atoms with van der Waals surface area (Å²) >= 11 is 6.56. The Hall–Kier alpha value is -4.67. The third kappa shape index (κ3) is 6.24. The summed E-state index contributed by atoms with van der Waals surface area (Å²) < 4.78 is 10.3. The quantitative estimate of drug-likeness (QED) is 0.0740. The van der Waals surface area contributed by atoms with Crippen molar-refractivity contribution in [2.24, 2.45) is 0 Å². The van der Waals surface area contributed by atoms with E-state index in [0.29, 0.717) is 11.6 Å². The molecule has 0 aliphatic carbocycles. The highest BCUT2D eigenvalue weighted by molar-refractivity contribution is 6.32. The first kappa shape index (κ1) is 27.9. The minimum Gasteiger partial charge on any atom is -0.463 e. The predicted octanol–water partition coefficient (Wildman–Crippen LogP) is 8.87. The molecule has 5 rings (SSSR count). The van der Waals surface area contributed by atoms with E-state index in [-0.39, 0.29) is 6.61 Å². The van der Waals surface area contributed by atoms with Gasteiger partial charge in [-0.25, -0.2) is 9.59 Å². The number of benzene rings is 5. The van der Waals surface area contributed by atoms with Gasteiger partial charge in [-0.3, -0.25) is 0 Å². The number of carbonyl (C=O) groups is 2. The molecule has 0 heterocycles. The third-order valence-corrected chi connectivity index (χ3v) is 7.27. The lowest BCUT2D eigenvalue weighted by molar-refractivity contribution is -0.139. The monoisotopic (exact) mass is 560 g/mol. The Balaban J connectivity index is 1.55. The van der Waals surface area contributed by atoms with Crippen molar-refractivity contribution in [1.29, 1.82) is 0 Å². The smallest absolute Gasteiger partial charge is 0.330 e. The third-order valence-electron chi connectivity index (χ3n) is 7.04. The van der Waals surface area contributed by atoms with Crippen LogP contribution in [0.3, 0.4) is 0 Å². The van der Waals surface area contributed by atoms with Crippen LogP contribution in [-0.4, -0.2) is 18.5 Å². The van der Waals surface area contributed by atoms with E-state index < -0.39 is 11.9 Å². The van der Waals surface area contributed by atoms with Gasteiger partial charge in [0.15, 0.2) is 0 Å². The summed E-state index contributed by atoms with van der Waals surface area (Å²) in [5, 5.41) is 5.10. The summed E-state index contributed by atoms with van der Waals surface area (Å²) in [6.07, 6.45) is 3.89. The zero-order chi connectivity index (χ0) is 28.8. The minimum atomic E-state index is -0.444. The standard InChI is InChI=1S/C36H29ClO4/c1-3-33(38)40-21-7-8-24-11-15-27(16-12-24)36-30-10-6-5-9-29(30)35(31-20-19-28(37)22-32(31)36)26-17-13-25(14-18-26)23-41-34(39)4-2/h3-6,9-20,22H,1-2,7-8,21,23H2. The van der Waals surface area contributed by atoms with E-state index in [1.807, 2.05) is 24.3 Å². The van der Waals surface area contributed by atoms with Crippen LogP contribution in [0.15, 0.2) is 116 Å². The van der Waals surface area contributed by atoms with Crippen LogP contribution in [0.1, 0.15) is 17.5 Å². The van der Waals surface area contributed by atoms with E-state index in [1.54, 1.807) is 0 Å². The molecule has 0 fully saturated rings. The Labute approximate surface area is 244 Å². The van der Waals surface area contributed by atoms with Crippen molar-refractivity contribution in [1.82, 2.24) is 0 Å². The van der Waals surface area contributed by atoms with Gasteiger partial charge in [-0.1, -0.05) is 104 Å². The van der Waals surface area contributed by atoms with Crippen molar-refractivity contribution in [2.75, 3.05) is 6.61 Å². The van der Waals surface area contributed by atoms with Crippen molar-refractivity contribution in [2.45, 2.75) is 19.4 Å². The summed E-state index contributed by atoms with van der Waals surface area (Å²) in [7, 11) is 0. The van der Waals surface area contributed by atoms with Gasteiger partial charge in [-0.05, 0) is 79.9 Å². The molecule has 4 nitrogen and oxygen atoms in total. The summed E-state index contributed by atoms with van der Waals surface area (Å²) in [6.45, 7) is 7.43. The van der Waals surface area contributed by atoms with Crippen molar-refractivity contribution in [3.8, 4) is 22.3 Å². The molecule has 0 radical (unpaired) electrons. The number of esters is 2. The first-order valence-corrected chi connectivity index (χ1v) is 13.8. The lowest BCUT2D eigenvalue weighted by Crippen LogP contribution is -2.02. The van der Waals surface area contributed by atoms with Gasteiger partial charge in [0, 0.05) is 17.2 Å². The summed E-state index contributed by atoms with van der Waals surface area (Å²) in [6, 6.07) is 31.1. The largest absolute Gasteiger partial charge is 0.463 e. The Morgan fingerprint density at radius 3 is 1.80 bits per heavy atom. The van der Waals surface area contributed by atoms with Crippen molar-refractivity contribution >= 4 is 45.1 Å². The molecule has 0 amide bonds. The molecular weight excluding hydrogens is 532 g/mol. The second kappa shape index (κ2) is 12.7. The fraction of sp³-hybridized carbons (Fsp3) is 0.111. The number of fused-ring (bicyclic) bond motifs is 2. The number of hydrogen-bond donors (Lipinski definition) is 0. The van der Waals surface area contributed by atoms with Crippen molar-refractivity contribution < 1.29 is 19.1 Å². The predicted molar refractivity (Wildman–Crippen MR) is 167 cm³/mol. The molecule has 5 aromatic rings. The normalized spacial score (nSPS) is 10.9. The molecule has 0 N–H and O–H groups in total. The average molecular weight is 561 g/mol. The van der Waals surface area contributed by atoms with E-state index >= 15 is 0 Å². The zero-order valence-corrected chi connectivity index (χ0v) is 23.3. The van der Waals surface area contributed by atoms with Crippen LogP contribution in [0.5, 0.6) is 0 Å². The fourth-order valence-corrected chi connectivity index (χ4v) is 5.27. The fourth-order valence-electron chi connectivity index (χ4n) is 5.10. The van der Waals surface area contributed by atoms with Crippen LogP contribution in [-0.2, 0) is 32.1 Å². The van der Waals surface area contributed by atoms with Crippen LogP contribution in [0.25, 0.3) is 43.8 Å². The second-order valence-corrected chi connectivity index (χ2v) is 10.1. The van der Waals surface area contributed by atoms with Gasteiger partial charge in [0.2, 0.25) is 0 Å². The van der Waals surface area contributed by atoms with Crippen LogP contribution in [0, 0.1) is 0 Å². The average Bonchev–Trinajstić information content (AvgIpc) is 3.01. The first-order valence-electron chi connectivity index (χ1n) is 13.4. The van der Waals surface area contributed by atoms with Gasteiger partial charge in [0.1, 0.15) is 6.61 Å². The molecule has 0 atom stereocenters. The number of rotatable bonds is 10. The molecule has 5 aromatic carbocycles. The van der Waals surface area contributed by atoms with E-state index in [1.165, 1.54) is 11.6 Å². The maximum atomic E-state index is 11.5. The molecule has 0 bridgehead atoms. The maximum absolute atomic E-state index is 11.5. The number of halogens is 1. The van der Waals surface area contributed by atoms with Crippen LogP contribution < -0.4 is 0 Å². The van der Waals surface area contributed by atoms with Crippen LogP contribution in [0.2, 0.25) is 5.02 Å². The molecular formula is C36H29ClO4. The van der Waals surface area contributed by atoms with Crippen molar-refractivity contribution in [3.05, 3.63) is 132 Å². The molecule has 0 saturated heterocycles. The number of hydrogen-bond acceptors (Lipinski definition) is 4. The molecule has 0 aliphatic heterocycles. The highest BCUT2D eigenvalue weighted by Gasteiger charge is 2.17. The molecule has 204 valence electrons. The van der Waals surface area contributed by atoms with Crippen LogP contribution in [0.4, 0.5) is 0 Å². The Kier molecular flexibility index (Phi) is 8.61. The Bertz CT molecular complexity index is 1750. The zero-order valence-electron chi connectivity index (χ0n) is 22.6. The van der Waals surface area contributed by atoms with Crippen molar-refractivity contribution in [3.63, 3.8) is 0 Å². The summed E-state index contributed by atoms with van der Waals surface area (Å²) in [4.78, 5) is 22.8. The lowest BCUT2D eigenvalue weighted by Gasteiger charge is -2.18. The molecule has 0 saturated carbocycles. The molecule has 41 heavy (non-hydrogen) atoms. The summed E-state index contributed by atoms with van der Waals surface area (Å²) in [5.74, 6) is -0.841. The van der Waals surface area contributed by atoms with Gasteiger partial charge in [0.25, 0.3) is 0 Å². The van der Waals surface area contributed by atoms with E-state index in [0.717, 1.165) is 68.3 Å². The number of ether oxygens (including phenoxy) is 2. The van der Waals surface area contributed by atoms with Crippen LogP contribution >= 0.6 is 11.6 Å². The molecule has 0 spiro atoms. The SMILES string of the molecule is C=CC(=O)OCCCc1ccc(-c2c3ccccc3c(-c3ccc(COC(=O)C=C)cc3)c3ccc(Cl)cc23)cc1. The lowest BCUT2D eigenvalue weighted by atomic mass is 9.85. The topological polar surface area (TPSA) is 52.6 Å². The number of carbonyl (C=O) groups excluding carboxylic acids is 2. The van der Waals surface area contributed by atoms with Gasteiger partial charge in [-0.2, -0.15) is 0 Å². The molecule has 0 unspecified atom stereocenters. The summed E-state index contributed by atoms with van der Waals surface area (Å²) in [5.41, 5.74) is 6.48. The Morgan fingerprint density at radius 2 is 1.20 bits per heavy atom. The van der Waals surface area contributed by atoms with E-state index in [9.17, 15) is 9.59 Å².